The third kappa shape index (κ3) is 5.31. The molecular weight excluding hydrogens is 222 g/mol. The summed E-state index contributed by atoms with van der Waals surface area (Å²) in [5.41, 5.74) is 0.165. The SMILES string of the molecule is CC(=O)C(CC(C)C)N(C)C(=C=O)COC=O. The molecule has 1 atom stereocenters. The van der Waals surface area contributed by atoms with E-state index in [2.05, 4.69) is 4.74 Å². The van der Waals surface area contributed by atoms with Crippen LogP contribution in [0.15, 0.2) is 5.70 Å². The lowest BCUT2D eigenvalue weighted by Gasteiger charge is -2.29. The van der Waals surface area contributed by atoms with Gasteiger partial charge in [0.1, 0.15) is 18.2 Å². The molecule has 5 nitrogen and oxygen atoms in total. The Labute approximate surface area is 101 Å². The molecule has 0 aliphatic carbocycles. The number of likely N-dealkylation sites (N-methyl/N-ethyl adjacent to an activating group) is 1. The van der Waals surface area contributed by atoms with Gasteiger partial charge < -0.3 is 9.64 Å². The maximum absolute atomic E-state index is 11.5. The fraction of sp³-hybridized carbons (Fsp3) is 0.667. The molecule has 0 radical (unpaired) electrons. The Morgan fingerprint density at radius 2 is 2.06 bits per heavy atom. The molecule has 0 amide bonds. The first-order valence-corrected chi connectivity index (χ1v) is 5.46. The third-order valence-electron chi connectivity index (χ3n) is 2.46. The molecule has 0 aliphatic heterocycles. The molecular formula is C12H19NO4. The Hall–Kier alpha value is -1.61. The van der Waals surface area contributed by atoms with Crippen LogP contribution >= 0.6 is 0 Å². The highest BCUT2D eigenvalue weighted by molar-refractivity contribution is 5.82. The molecule has 17 heavy (non-hydrogen) atoms. The van der Waals surface area contributed by atoms with Gasteiger partial charge in [-0.2, -0.15) is 0 Å². The van der Waals surface area contributed by atoms with Gasteiger partial charge in [-0.15, -0.1) is 0 Å². The fourth-order valence-corrected chi connectivity index (χ4v) is 1.55. The number of Topliss-reactive ketones (excluding diaryl/α,β-unsaturated/α-hetero) is 1. The molecule has 0 spiro atoms. The molecule has 0 bridgehead atoms. The maximum Gasteiger partial charge on any atom is 0.293 e. The van der Waals surface area contributed by atoms with Gasteiger partial charge in [0.05, 0.1) is 6.04 Å². The Kier molecular flexibility index (Phi) is 6.91. The van der Waals surface area contributed by atoms with Crippen LogP contribution in [0.2, 0.25) is 0 Å². The normalized spacial score (nSPS) is 11.6. The predicted molar refractivity (Wildman–Crippen MR) is 62.9 cm³/mol. The average molecular weight is 241 g/mol. The van der Waals surface area contributed by atoms with Crippen LogP contribution in [0.5, 0.6) is 0 Å². The molecule has 0 rings (SSSR count). The number of carbonyl (C=O) groups excluding carboxylic acids is 3. The van der Waals surface area contributed by atoms with Gasteiger partial charge in [0, 0.05) is 7.05 Å². The summed E-state index contributed by atoms with van der Waals surface area (Å²) in [5.74, 6) is 2.00. The first-order valence-electron chi connectivity index (χ1n) is 5.46. The van der Waals surface area contributed by atoms with Crippen LogP contribution in [0.25, 0.3) is 0 Å². The molecule has 0 aromatic carbocycles. The lowest BCUT2D eigenvalue weighted by Crippen LogP contribution is -2.39. The minimum absolute atomic E-state index is 0.0277. The number of rotatable bonds is 8. The Balaban J connectivity index is 4.79. The molecule has 0 aromatic rings. The van der Waals surface area contributed by atoms with E-state index in [-0.39, 0.29) is 30.6 Å². The molecule has 0 saturated carbocycles. The van der Waals surface area contributed by atoms with Crippen LogP contribution in [-0.2, 0) is 19.1 Å². The van der Waals surface area contributed by atoms with E-state index in [0.29, 0.717) is 12.3 Å². The summed E-state index contributed by atoms with van der Waals surface area (Å²) in [6.45, 7) is 5.57. The van der Waals surface area contributed by atoms with E-state index in [9.17, 15) is 14.4 Å². The lowest BCUT2D eigenvalue weighted by atomic mass is 9.99. The summed E-state index contributed by atoms with van der Waals surface area (Å²) in [7, 11) is 1.63. The van der Waals surface area contributed by atoms with E-state index in [1.54, 1.807) is 13.0 Å². The van der Waals surface area contributed by atoms with Crippen molar-refractivity contribution in [3.8, 4) is 0 Å². The summed E-state index contributed by atoms with van der Waals surface area (Å²) in [5, 5.41) is 0. The molecule has 0 saturated heterocycles. The van der Waals surface area contributed by atoms with Gasteiger partial charge in [-0.25, -0.2) is 4.79 Å². The summed E-state index contributed by atoms with van der Waals surface area (Å²) in [4.78, 5) is 33.9. The van der Waals surface area contributed by atoms with Crippen molar-refractivity contribution < 1.29 is 19.1 Å². The Morgan fingerprint density at radius 1 is 1.47 bits per heavy atom. The van der Waals surface area contributed by atoms with Gasteiger partial charge >= 0.3 is 0 Å². The average Bonchev–Trinajstić information content (AvgIpc) is 2.26. The minimum Gasteiger partial charge on any atom is -0.461 e. The minimum atomic E-state index is -0.387. The first-order chi connectivity index (χ1) is 7.93. The molecule has 0 heterocycles. The van der Waals surface area contributed by atoms with E-state index < -0.39 is 0 Å². The van der Waals surface area contributed by atoms with E-state index in [1.807, 2.05) is 13.8 Å². The first kappa shape index (κ1) is 15.4. The zero-order valence-electron chi connectivity index (χ0n) is 10.7. The Morgan fingerprint density at radius 3 is 2.41 bits per heavy atom. The highest BCUT2D eigenvalue weighted by atomic mass is 16.5. The highest BCUT2D eigenvalue weighted by Crippen LogP contribution is 2.14. The fourth-order valence-electron chi connectivity index (χ4n) is 1.55. The van der Waals surface area contributed by atoms with Crippen LogP contribution in [-0.4, -0.2) is 42.8 Å². The predicted octanol–water partition coefficient (Wildman–Crippen LogP) is 0.810. The van der Waals surface area contributed by atoms with Crippen LogP contribution in [0.4, 0.5) is 0 Å². The summed E-state index contributed by atoms with van der Waals surface area (Å²) in [6.07, 6.45) is 0.637. The number of hydrogen-bond acceptors (Lipinski definition) is 5. The van der Waals surface area contributed by atoms with Crippen molar-refractivity contribution in [2.75, 3.05) is 13.7 Å². The number of hydrogen-bond donors (Lipinski definition) is 0. The standard InChI is InChI=1S/C12H19NO4/c1-9(2)5-12(10(3)16)13(4)11(6-14)7-17-8-15/h8-9,12H,5,7H2,1-4H3. The summed E-state index contributed by atoms with van der Waals surface area (Å²) < 4.78 is 4.51. The number of ketones is 1. The molecule has 1 unspecified atom stereocenters. The van der Waals surface area contributed by atoms with Crippen LogP contribution < -0.4 is 0 Å². The summed E-state index contributed by atoms with van der Waals surface area (Å²) in [6, 6.07) is -0.387. The van der Waals surface area contributed by atoms with Crippen molar-refractivity contribution in [2.24, 2.45) is 5.92 Å². The molecule has 0 aromatic heterocycles. The van der Waals surface area contributed by atoms with Gasteiger partial charge in [0.25, 0.3) is 6.47 Å². The van der Waals surface area contributed by atoms with Crippen molar-refractivity contribution in [2.45, 2.75) is 33.2 Å². The van der Waals surface area contributed by atoms with E-state index >= 15 is 0 Å². The molecule has 0 fully saturated rings. The van der Waals surface area contributed by atoms with E-state index in [0.717, 1.165) is 0 Å². The van der Waals surface area contributed by atoms with Crippen molar-refractivity contribution in [3.63, 3.8) is 0 Å². The van der Waals surface area contributed by atoms with Crippen molar-refractivity contribution in [1.29, 1.82) is 0 Å². The second-order valence-electron chi connectivity index (χ2n) is 4.32. The molecule has 5 heteroatoms. The highest BCUT2D eigenvalue weighted by Gasteiger charge is 2.23. The smallest absolute Gasteiger partial charge is 0.293 e. The second kappa shape index (κ2) is 7.63. The van der Waals surface area contributed by atoms with Crippen molar-refractivity contribution >= 4 is 18.2 Å². The largest absolute Gasteiger partial charge is 0.461 e. The van der Waals surface area contributed by atoms with Gasteiger partial charge in [0.15, 0.2) is 5.78 Å². The third-order valence-corrected chi connectivity index (χ3v) is 2.46. The van der Waals surface area contributed by atoms with Gasteiger partial charge in [-0.1, -0.05) is 13.8 Å². The van der Waals surface area contributed by atoms with Crippen LogP contribution in [0.3, 0.4) is 0 Å². The number of ether oxygens (including phenoxy) is 1. The van der Waals surface area contributed by atoms with Crippen LogP contribution in [0.1, 0.15) is 27.2 Å². The topological polar surface area (TPSA) is 63.7 Å². The summed E-state index contributed by atoms with van der Waals surface area (Å²) >= 11 is 0. The maximum atomic E-state index is 11.5. The zero-order valence-corrected chi connectivity index (χ0v) is 10.7. The molecule has 0 N–H and O–H groups in total. The van der Waals surface area contributed by atoms with Gasteiger partial charge in [-0.3, -0.25) is 9.59 Å². The van der Waals surface area contributed by atoms with Crippen LogP contribution in [0, 0.1) is 5.92 Å². The number of nitrogens with zero attached hydrogens (tertiary/aromatic N) is 1. The van der Waals surface area contributed by atoms with E-state index in [1.165, 1.54) is 11.8 Å². The van der Waals surface area contributed by atoms with Crippen molar-refractivity contribution in [1.82, 2.24) is 4.90 Å². The van der Waals surface area contributed by atoms with E-state index in [4.69, 9.17) is 0 Å². The molecule has 96 valence electrons. The second-order valence-corrected chi connectivity index (χ2v) is 4.32. The van der Waals surface area contributed by atoms with Gasteiger partial charge in [-0.05, 0) is 19.3 Å². The molecule has 0 aliphatic rings. The zero-order chi connectivity index (χ0) is 13.4. The number of carbonyl (C=O) groups is 2. The monoisotopic (exact) mass is 241 g/mol. The quantitative estimate of drug-likeness (QED) is 0.465. The lowest BCUT2D eigenvalue weighted by molar-refractivity contribution is -0.128. The van der Waals surface area contributed by atoms with Crippen molar-refractivity contribution in [3.05, 3.63) is 5.70 Å². The van der Waals surface area contributed by atoms with Gasteiger partial charge in [0.2, 0.25) is 0 Å². The Bertz CT molecular complexity index is 318.